The third kappa shape index (κ3) is 4.56. The van der Waals surface area contributed by atoms with Crippen molar-refractivity contribution < 1.29 is 17.9 Å². The Morgan fingerprint density at radius 2 is 1.90 bits per heavy atom. The molecule has 0 saturated heterocycles. The summed E-state index contributed by atoms with van der Waals surface area (Å²) in [6.45, 7) is 5.03. The summed E-state index contributed by atoms with van der Waals surface area (Å²) in [5, 5.41) is 0.433. The third-order valence-corrected chi connectivity index (χ3v) is 6.90. The molecule has 3 aromatic rings. The Morgan fingerprint density at radius 1 is 1.16 bits per heavy atom. The van der Waals surface area contributed by atoms with Gasteiger partial charge in [-0.1, -0.05) is 17.7 Å². The Morgan fingerprint density at radius 3 is 2.52 bits per heavy atom. The number of nitrogens with zero attached hydrogens (tertiary/aromatic N) is 3. The van der Waals surface area contributed by atoms with E-state index in [0.717, 1.165) is 11.1 Å². The van der Waals surface area contributed by atoms with E-state index >= 15 is 0 Å². The van der Waals surface area contributed by atoms with E-state index in [1.54, 1.807) is 31.4 Å². The number of sulfonamides is 1. The lowest BCUT2D eigenvalue weighted by atomic mass is 10.2. The minimum Gasteiger partial charge on any atom is -0.493 e. The highest BCUT2D eigenvalue weighted by Gasteiger charge is 2.20. The fourth-order valence-electron chi connectivity index (χ4n) is 3.25. The van der Waals surface area contributed by atoms with Gasteiger partial charge in [-0.2, -0.15) is 0 Å². The van der Waals surface area contributed by atoms with E-state index in [1.807, 2.05) is 36.6 Å². The maximum atomic E-state index is 12.5. The maximum absolute atomic E-state index is 12.5. The van der Waals surface area contributed by atoms with E-state index in [0.29, 0.717) is 41.0 Å². The number of hydrogen-bond acceptors (Lipinski definition) is 5. The largest absolute Gasteiger partial charge is 0.493 e. The first-order chi connectivity index (χ1) is 14.7. The molecule has 31 heavy (non-hydrogen) atoms. The monoisotopic (exact) mass is 463 g/mol. The number of fused-ring (bicyclic) bond motifs is 1. The Labute approximate surface area is 187 Å². The third-order valence-electron chi connectivity index (χ3n) is 4.81. The molecule has 0 unspecified atom stereocenters. The molecule has 0 fully saturated rings. The lowest BCUT2D eigenvalue weighted by Crippen LogP contribution is -2.22. The van der Waals surface area contributed by atoms with Crippen molar-refractivity contribution in [2.75, 3.05) is 27.8 Å². The van der Waals surface area contributed by atoms with Gasteiger partial charge in [-0.15, -0.1) is 0 Å². The van der Waals surface area contributed by atoms with Gasteiger partial charge in [-0.05, 0) is 55.8 Å². The van der Waals surface area contributed by atoms with Crippen LogP contribution in [0.4, 0.5) is 0 Å². The molecule has 166 valence electrons. The first kappa shape index (κ1) is 23.1. The predicted octanol–water partition coefficient (Wildman–Crippen LogP) is 4.45. The van der Waals surface area contributed by atoms with Gasteiger partial charge >= 0.3 is 0 Å². The molecule has 7 nitrogen and oxygen atoms in total. The van der Waals surface area contributed by atoms with E-state index < -0.39 is 10.0 Å². The van der Waals surface area contributed by atoms with Crippen molar-refractivity contribution in [3.8, 4) is 11.5 Å². The predicted molar refractivity (Wildman–Crippen MR) is 124 cm³/mol. The Kier molecular flexibility index (Phi) is 6.93. The second-order valence-electron chi connectivity index (χ2n) is 6.95. The van der Waals surface area contributed by atoms with Gasteiger partial charge in [0.1, 0.15) is 0 Å². The van der Waals surface area contributed by atoms with Crippen molar-refractivity contribution in [2.24, 2.45) is 0 Å². The van der Waals surface area contributed by atoms with Crippen molar-refractivity contribution in [3.05, 3.63) is 47.8 Å². The van der Waals surface area contributed by atoms with Gasteiger partial charge in [0, 0.05) is 20.6 Å². The van der Waals surface area contributed by atoms with Crippen LogP contribution in [0.25, 0.3) is 22.1 Å². The van der Waals surface area contributed by atoms with Gasteiger partial charge in [0.2, 0.25) is 10.0 Å². The Hall–Kier alpha value is -2.55. The van der Waals surface area contributed by atoms with Gasteiger partial charge in [0.25, 0.3) is 0 Å². The van der Waals surface area contributed by atoms with Crippen molar-refractivity contribution >= 4 is 43.8 Å². The molecule has 0 bridgehead atoms. The van der Waals surface area contributed by atoms with E-state index in [9.17, 15) is 8.42 Å². The number of methoxy groups -OCH3 is 1. The summed E-state index contributed by atoms with van der Waals surface area (Å²) in [6, 6.07) is 10.5. The highest BCUT2D eigenvalue weighted by Crippen LogP contribution is 2.32. The van der Waals surface area contributed by atoms with E-state index in [2.05, 4.69) is 4.98 Å². The molecule has 3 rings (SSSR count). The van der Waals surface area contributed by atoms with Crippen LogP contribution in [0.5, 0.6) is 11.5 Å². The standard InChI is InChI=1S/C22H26ClN3O4S/c1-6-26-19-10-9-16(31(27,28)25(3)4)14-18(19)24-22(26)17(23)12-15-8-11-20(29-5)21(13-15)30-7-2/h8-14H,6-7H2,1-5H3. The topological polar surface area (TPSA) is 73.7 Å². The first-order valence-electron chi connectivity index (χ1n) is 9.84. The second-order valence-corrected chi connectivity index (χ2v) is 9.51. The SMILES string of the molecule is CCOc1cc(C=C(Cl)c2nc3cc(S(=O)(=O)N(C)C)ccc3n2CC)ccc1OC. The minimum absolute atomic E-state index is 0.189. The van der Waals surface area contributed by atoms with Crippen molar-refractivity contribution in [3.63, 3.8) is 0 Å². The van der Waals surface area contributed by atoms with E-state index in [4.69, 9.17) is 21.1 Å². The van der Waals surface area contributed by atoms with Gasteiger partial charge in [-0.25, -0.2) is 17.7 Å². The lowest BCUT2D eigenvalue weighted by molar-refractivity contribution is 0.311. The normalized spacial score (nSPS) is 12.5. The van der Waals surface area contributed by atoms with Crippen LogP contribution in [0.3, 0.4) is 0 Å². The van der Waals surface area contributed by atoms with Crippen LogP contribution in [-0.2, 0) is 16.6 Å². The molecule has 1 heterocycles. The number of hydrogen-bond donors (Lipinski definition) is 0. The first-order valence-corrected chi connectivity index (χ1v) is 11.7. The average Bonchev–Trinajstić information content (AvgIpc) is 3.12. The molecule has 0 aliphatic heterocycles. The van der Waals surface area contributed by atoms with Crippen LogP contribution in [-0.4, -0.2) is 50.1 Å². The molecule has 0 saturated carbocycles. The van der Waals surface area contributed by atoms with Crippen LogP contribution >= 0.6 is 11.6 Å². The fraction of sp³-hybridized carbons (Fsp3) is 0.318. The smallest absolute Gasteiger partial charge is 0.242 e. The van der Waals surface area contributed by atoms with Crippen molar-refractivity contribution in [1.82, 2.24) is 13.9 Å². The van der Waals surface area contributed by atoms with Gasteiger partial charge < -0.3 is 14.0 Å². The number of aryl methyl sites for hydroxylation is 1. The summed E-state index contributed by atoms with van der Waals surface area (Å²) in [7, 11) is 1.04. The summed E-state index contributed by atoms with van der Waals surface area (Å²) < 4.78 is 39.1. The molecule has 0 N–H and O–H groups in total. The molecule has 2 aromatic carbocycles. The second kappa shape index (κ2) is 9.30. The van der Waals surface area contributed by atoms with Crippen molar-refractivity contribution in [1.29, 1.82) is 0 Å². The lowest BCUT2D eigenvalue weighted by Gasteiger charge is -2.11. The van der Waals surface area contributed by atoms with Crippen molar-refractivity contribution in [2.45, 2.75) is 25.3 Å². The van der Waals surface area contributed by atoms with Crippen LogP contribution in [0.15, 0.2) is 41.3 Å². The molecule has 1 aromatic heterocycles. The number of ether oxygens (including phenoxy) is 2. The number of benzene rings is 2. The molecule has 0 amide bonds. The molecule has 0 aliphatic carbocycles. The zero-order chi connectivity index (χ0) is 22.8. The number of rotatable bonds is 8. The highest BCUT2D eigenvalue weighted by atomic mass is 35.5. The maximum Gasteiger partial charge on any atom is 0.242 e. The Bertz CT molecular complexity index is 1230. The zero-order valence-electron chi connectivity index (χ0n) is 18.2. The molecule has 0 radical (unpaired) electrons. The van der Waals surface area contributed by atoms with Crippen LogP contribution < -0.4 is 9.47 Å². The summed E-state index contributed by atoms with van der Waals surface area (Å²) >= 11 is 6.66. The van der Waals surface area contributed by atoms with Crippen LogP contribution in [0.1, 0.15) is 25.2 Å². The quantitative estimate of drug-likeness (QED) is 0.493. The minimum atomic E-state index is -3.55. The molecular formula is C22H26ClN3O4S. The summed E-state index contributed by atoms with van der Waals surface area (Å²) in [6.07, 6.45) is 1.80. The van der Waals surface area contributed by atoms with Crippen LogP contribution in [0.2, 0.25) is 0 Å². The summed E-state index contributed by atoms with van der Waals surface area (Å²) in [4.78, 5) is 4.82. The van der Waals surface area contributed by atoms with E-state index in [-0.39, 0.29) is 4.90 Å². The Balaban J connectivity index is 2.08. The zero-order valence-corrected chi connectivity index (χ0v) is 19.8. The average molecular weight is 464 g/mol. The number of halogens is 1. The molecule has 0 spiro atoms. The van der Waals surface area contributed by atoms with Crippen LogP contribution in [0, 0.1) is 0 Å². The van der Waals surface area contributed by atoms with E-state index in [1.165, 1.54) is 18.4 Å². The molecular weight excluding hydrogens is 438 g/mol. The number of aromatic nitrogens is 2. The summed E-state index contributed by atoms with van der Waals surface area (Å²) in [5.74, 6) is 1.84. The van der Waals surface area contributed by atoms with Gasteiger partial charge in [0.05, 0.1) is 34.7 Å². The molecule has 0 atom stereocenters. The summed E-state index contributed by atoms with van der Waals surface area (Å²) in [5.41, 5.74) is 2.21. The molecule has 0 aliphatic rings. The molecule has 9 heteroatoms. The fourth-order valence-corrected chi connectivity index (χ4v) is 4.44. The number of imidazole rings is 1. The van der Waals surface area contributed by atoms with Gasteiger partial charge in [0.15, 0.2) is 17.3 Å². The van der Waals surface area contributed by atoms with Gasteiger partial charge in [-0.3, -0.25) is 0 Å². The highest BCUT2D eigenvalue weighted by molar-refractivity contribution is 7.89.